The van der Waals surface area contributed by atoms with Crippen LogP contribution in [0.5, 0.6) is 17.2 Å². The molecule has 0 saturated carbocycles. The van der Waals surface area contributed by atoms with Crippen molar-refractivity contribution in [2.75, 3.05) is 32.8 Å². The molecular formula is C31H32FN3O6. The van der Waals surface area contributed by atoms with Gasteiger partial charge in [-0.25, -0.2) is 4.39 Å². The van der Waals surface area contributed by atoms with Crippen molar-refractivity contribution in [1.29, 1.82) is 0 Å². The number of benzene rings is 3. The summed E-state index contributed by atoms with van der Waals surface area (Å²) in [6.45, 7) is 1.36. The van der Waals surface area contributed by atoms with Gasteiger partial charge in [0.1, 0.15) is 18.2 Å². The van der Waals surface area contributed by atoms with Crippen molar-refractivity contribution < 1.29 is 33.4 Å². The van der Waals surface area contributed by atoms with Crippen molar-refractivity contribution in [1.82, 2.24) is 15.5 Å². The molecule has 1 atom stereocenters. The highest BCUT2D eigenvalue weighted by Crippen LogP contribution is 2.33. The lowest BCUT2D eigenvalue weighted by molar-refractivity contribution is -0.141. The average molecular weight is 562 g/mol. The fraction of sp³-hybridized carbons (Fsp3) is 0.323. The first-order valence-corrected chi connectivity index (χ1v) is 13.7. The SMILES string of the molecule is O=C1CCCN(C(=O)C2COc3ccccc3O2)CCCNC(=O)c2ccc(F)c(c2)-c2cc(ccc2O)CCN1. The van der Waals surface area contributed by atoms with Crippen LogP contribution in [0, 0.1) is 5.82 Å². The zero-order chi connectivity index (χ0) is 28.8. The second-order valence-corrected chi connectivity index (χ2v) is 10.0. The van der Waals surface area contributed by atoms with Gasteiger partial charge in [0.2, 0.25) is 12.0 Å². The molecule has 4 bridgehead atoms. The van der Waals surface area contributed by atoms with Gasteiger partial charge in [-0.15, -0.1) is 0 Å². The number of carbonyl (C=O) groups excluding carboxylic acids is 3. The molecule has 3 aromatic rings. The van der Waals surface area contributed by atoms with Crippen LogP contribution in [0.2, 0.25) is 0 Å². The molecule has 2 heterocycles. The molecular weight excluding hydrogens is 529 g/mol. The van der Waals surface area contributed by atoms with Gasteiger partial charge in [-0.3, -0.25) is 14.4 Å². The number of nitrogens with one attached hydrogen (secondary N) is 2. The fourth-order valence-corrected chi connectivity index (χ4v) is 4.94. The summed E-state index contributed by atoms with van der Waals surface area (Å²) in [5, 5.41) is 16.1. The molecule has 2 aliphatic heterocycles. The van der Waals surface area contributed by atoms with E-state index in [1.807, 2.05) is 6.07 Å². The molecule has 0 fully saturated rings. The summed E-state index contributed by atoms with van der Waals surface area (Å²) in [5.41, 5.74) is 1.41. The van der Waals surface area contributed by atoms with E-state index in [1.165, 1.54) is 24.3 Å². The lowest BCUT2D eigenvalue weighted by Crippen LogP contribution is -2.47. The van der Waals surface area contributed by atoms with Crippen LogP contribution in [-0.4, -0.2) is 66.6 Å². The predicted octanol–water partition coefficient (Wildman–Crippen LogP) is 3.44. The quantitative estimate of drug-likeness (QED) is 0.419. The maximum absolute atomic E-state index is 14.8. The number of phenols is 1. The Bertz CT molecular complexity index is 1450. The standard InChI is InChI=1S/C31H32FN3O6/c32-24-10-9-21-18-22(24)23-17-20(8-11-25(23)36)12-14-33-29(37)7-3-15-35(16-4-13-34-30(21)38)31(39)28-19-40-26-5-1-2-6-27(26)41-28/h1-2,5-6,8-11,17-18,28,36H,3-4,7,12-16,19H2,(H,33,37)(H,34,38). The Morgan fingerprint density at radius 2 is 1.71 bits per heavy atom. The third kappa shape index (κ3) is 6.77. The third-order valence-electron chi connectivity index (χ3n) is 7.13. The highest BCUT2D eigenvalue weighted by molar-refractivity contribution is 5.95. The number of aromatic hydroxyl groups is 1. The Morgan fingerprint density at radius 3 is 2.56 bits per heavy atom. The molecule has 0 radical (unpaired) electrons. The van der Waals surface area contributed by atoms with E-state index in [9.17, 15) is 23.9 Å². The number of halogens is 1. The second-order valence-electron chi connectivity index (χ2n) is 10.0. The van der Waals surface area contributed by atoms with Crippen molar-refractivity contribution in [3.8, 4) is 28.4 Å². The van der Waals surface area contributed by atoms with Gasteiger partial charge in [-0.1, -0.05) is 18.2 Å². The van der Waals surface area contributed by atoms with Crippen molar-refractivity contribution in [2.24, 2.45) is 0 Å². The third-order valence-corrected chi connectivity index (χ3v) is 7.13. The Hall–Kier alpha value is -4.60. The highest BCUT2D eigenvalue weighted by atomic mass is 19.1. The summed E-state index contributed by atoms with van der Waals surface area (Å²) < 4.78 is 26.4. The molecule has 3 N–H and O–H groups in total. The first-order valence-electron chi connectivity index (χ1n) is 13.7. The number of para-hydroxylation sites is 2. The van der Waals surface area contributed by atoms with Gasteiger partial charge in [0.05, 0.1) is 0 Å². The van der Waals surface area contributed by atoms with Crippen molar-refractivity contribution in [3.63, 3.8) is 0 Å². The van der Waals surface area contributed by atoms with E-state index in [0.29, 0.717) is 50.4 Å². The van der Waals surface area contributed by atoms with Gasteiger partial charge in [0.15, 0.2) is 11.5 Å². The number of rotatable bonds is 1. The minimum Gasteiger partial charge on any atom is -0.507 e. The van der Waals surface area contributed by atoms with Crippen LogP contribution < -0.4 is 20.1 Å². The van der Waals surface area contributed by atoms with Crippen molar-refractivity contribution in [2.45, 2.75) is 31.8 Å². The minimum absolute atomic E-state index is 0.0761. The van der Waals surface area contributed by atoms with Crippen LogP contribution in [0.4, 0.5) is 4.39 Å². The first-order chi connectivity index (χ1) is 19.9. The van der Waals surface area contributed by atoms with Crippen LogP contribution in [0.25, 0.3) is 11.1 Å². The molecule has 0 aromatic heterocycles. The summed E-state index contributed by atoms with van der Waals surface area (Å²) in [7, 11) is 0. The lowest BCUT2D eigenvalue weighted by Gasteiger charge is -2.31. The van der Waals surface area contributed by atoms with E-state index in [-0.39, 0.29) is 53.8 Å². The Balaban J connectivity index is 1.32. The van der Waals surface area contributed by atoms with E-state index < -0.39 is 17.8 Å². The minimum atomic E-state index is -0.820. The number of fused-ring (bicyclic) bond motifs is 6. The van der Waals surface area contributed by atoms with Crippen LogP contribution in [0.3, 0.4) is 0 Å². The topological polar surface area (TPSA) is 117 Å². The smallest absolute Gasteiger partial charge is 0.267 e. The highest BCUT2D eigenvalue weighted by Gasteiger charge is 2.31. The van der Waals surface area contributed by atoms with E-state index >= 15 is 0 Å². The maximum Gasteiger partial charge on any atom is 0.267 e. The summed E-state index contributed by atoms with van der Waals surface area (Å²) in [5.74, 6) is -0.394. The molecule has 3 aromatic carbocycles. The number of phenolic OH excluding ortho intramolecular Hbond substituents is 1. The molecule has 0 aliphatic carbocycles. The Kier molecular flexibility index (Phi) is 8.67. The molecule has 9 nitrogen and oxygen atoms in total. The normalized spacial score (nSPS) is 18.3. The Labute approximate surface area is 237 Å². The molecule has 2 aliphatic rings. The number of hydrogen-bond acceptors (Lipinski definition) is 6. The van der Waals surface area contributed by atoms with E-state index in [4.69, 9.17) is 9.47 Å². The fourth-order valence-electron chi connectivity index (χ4n) is 4.94. The lowest BCUT2D eigenvalue weighted by atomic mass is 9.98. The molecule has 3 amide bonds. The molecule has 5 rings (SSSR count). The van der Waals surface area contributed by atoms with Gasteiger partial charge in [0.25, 0.3) is 11.8 Å². The van der Waals surface area contributed by atoms with E-state index in [2.05, 4.69) is 10.6 Å². The number of hydrogen-bond donors (Lipinski definition) is 3. The molecule has 0 saturated heterocycles. The van der Waals surface area contributed by atoms with Crippen LogP contribution in [-0.2, 0) is 16.0 Å². The van der Waals surface area contributed by atoms with E-state index in [0.717, 1.165) is 5.56 Å². The monoisotopic (exact) mass is 561 g/mol. The summed E-state index contributed by atoms with van der Waals surface area (Å²) in [4.78, 5) is 40.5. The zero-order valence-corrected chi connectivity index (χ0v) is 22.5. The Morgan fingerprint density at radius 1 is 0.902 bits per heavy atom. The zero-order valence-electron chi connectivity index (χ0n) is 22.5. The van der Waals surface area contributed by atoms with Gasteiger partial charge < -0.3 is 30.1 Å². The molecule has 10 heteroatoms. The van der Waals surface area contributed by atoms with Crippen LogP contribution >= 0.6 is 0 Å². The van der Waals surface area contributed by atoms with Crippen LogP contribution in [0.15, 0.2) is 60.7 Å². The van der Waals surface area contributed by atoms with Crippen LogP contribution in [0.1, 0.15) is 35.2 Å². The summed E-state index contributed by atoms with van der Waals surface area (Å²) in [6.07, 6.45) is 0.765. The first kappa shape index (κ1) is 27.9. The largest absolute Gasteiger partial charge is 0.507 e. The number of carbonyl (C=O) groups is 3. The molecule has 1 unspecified atom stereocenters. The second kappa shape index (κ2) is 12.7. The summed E-state index contributed by atoms with van der Waals surface area (Å²) in [6, 6.07) is 16.0. The average Bonchev–Trinajstić information content (AvgIpc) is 2.98. The van der Waals surface area contributed by atoms with Gasteiger partial charge in [-0.05, 0) is 67.3 Å². The number of ether oxygens (including phenoxy) is 2. The summed E-state index contributed by atoms with van der Waals surface area (Å²) >= 11 is 0. The van der Waals surface area contributed by atoms with Crippen molar-refractivity contribution >= 4 is 17.7 Å². The molecule has 214 valence electrons. The van der Waals surface area contributed by atoms with Crippen molar-refractivity contribution in [3.05, 3.63) is 77.6 Å². The molecule has 0 spiro atoms. The number of nitrogens with zero attached hydrogens (tertiary/aromatic N) is 1. The predicted molar refractivity (Wildman–Crippen MR) is 149 cm³/mol. The van der Waals surface area contributed by atoms with E-state index in [1.54, 1.807) is 35.2 Å². The maximum atomic E-state index is 14.8. The van der Waals surface area contributed by atoms with Gasteiger partial charge in [0, 0.05) is 49.3 Å². The van der Waals surface area contributed by atoms with Gasteiger partial charge in [-0.2, -0.15) is 0 Å². The molecule has 41 heavy (non-hydrogen) atoms. The number of amides is 3. The van der Waals surface area contributed by atoms with Gasteiger partial charge >= 0.3 is 0 Å².